The molecule has 3 N–H and O–H groups in total. The zero-order valence-corrected chi connectivity index (χ0v) is 11.0. The van der Waals surface area contributed by atoms with E-state index in [4.69, 9.17) is 10.5 Å². The highest BCUT2D eigenvalue weighted by Crippen LogP contribution is 2.30. The molecule has 0 aliphatic rings. The van der Waals surface area contributed by atoms with E-state index < -0.39 is 6.09 Å². The van der Waals surface area contributed by atoms with Crippen LogP contribution in [-0.2, 0) is 11.8 Å². The summed E-state index contributed by atoms with van der Waals surface area (Å²) in [7, 11) is 1.76. The Kier molecular flexibility index (Phi) is 3.65. The van der Waals surface area contributed by atoms with E-state index in [9.17, 15) is 9.59 Å². The lowest BCUT2D eigenvalue weighted by Gasteiger charge is -2.08. The quantitative estimate of drug-likeness (QED) is 0.864. The van der Waals surface area contributed by atoms with Gasteiger partial charge in [0.25, 0.3) is 0 Å². The zero-order chi connectivity index (χ0) is 14.7. The Morgan fingerprint density at radius 1 is 1.45 bits per heavy atom. The number of ether oxygens (including phenoxy) is 1. The SMILES string of the molecule is CC(=O)Nc1cc(OC(N)=O)c(-c2ccn(C)n2)cn1. The van der Waals surface area contributed by atoms with Gasteiger partial charge in [-0.3, -0.25) is 9.48 Å². The number of nitrogens with one attached hydrogen (secondary N) is 1. The molecule has 2 aromatic heterocycles. The van der Waals surface area contributed by atoms with Crippen LogP contribution in [-0.4, -0.2) is 26.8 Å². The highest BCUT2D eigenvalue weighted by atomic mass is 16.5. The third kappa shape index (κ3) is 3.10. The molecule has 2 rings (SSSR count). The van der Waals surface area contributed by atoms with Crippen LogP contribution in [0.3, 0.4) is 0 Å². The lowest BCUT2D eigenvalue weighted by atomic mass is 10.2. The van der Waals surface area contributed by atoms with Crippen molar-refractivity contribution in [2.24, 2.45) is 12.8 Å². The molecule has 0 unspecified atom stereocenters. The maximum absolute atomic E-state index is 11.0. The van der Waals surface area contributed by atoms with Gasteiger partial charge in [0.1, 0.15) is 11.6 Å². The minimum atomic E-state index is -0.956. The topological polar surface area (TPSA) is 112 Å². The molecule has 0 radical (unpaired) electrons. The Hall–Kier alpha value is -2.90. The van der Waals surface area contributed by atoms with E-state index in [0.717, 1.165) is 0 Å². The van der Waals surface area contributed by atoms with Crippen molar-refractivity contribution in [1.29, 1.82) is 0 Å². The standard InChI is InChI=1S/C12H13N5O3/c1-7(18)15-11-5-10(20-12(13)19)8(6-14-11)9-3-4-17(2)16-9/h3-6H,1-2H3,(H2,13,19)(H,14,15,18). The van der Waals surface area contributed by atoms with Crippen molar-refractivity contribution in [3.63, 3.8) is 0 Å². The van der Waals surface area contributed by atoms with Crippen LogP contribution in [0.25, 0.3) is 11.3 Å². The van der Waals surface area contributed by atoms with Gasteiger partial charge in [0, 0.05) is 32.4 Å². The molecule has 0 atom stereocenters. The first-order valence-electron chi connectivity index (χ1n) is 5.70. The Bertz CT molecular complexity index is 665. The van der Waals surface area contributed by atoms with Crippen molar-refractivity contribution >= 4 is 17.8 Å². The summed E-state index contributed by atoms with van der Waals surface area (Å²) < 4.78 is 6.53. The number of aromatic nitrogens is 3. The summed E-state index contributed by atoms with van der Waals surface area (Å²) in [6, 6.07) is 3.15. The van der Waals surface area contributed by atoms with Crippen LogP contribution in [0.5, 0.6) is 5.75 Å². The average molecular weight is 275 g/mol. The number of hydrogen-bond donors (Lipinski definition) is 2. The molecule has 20 heavy (non-hydrogen) atoms. The third-order valence-corrected chi connectivity index (χ3v) is 2.37. The summed E-state index contributed by atoms with van der Waals surface area (Å²) in [6.45, 7) is 1.35. The summed E-state index contributed by atoms with van der Waals surface area (Å²) >= 11 is 0. The zero-order valence-electron chi connectivity index (χ0n) is 11.0. The van der Waals surface area contributed by atoms with Crippen LogP contribution in [0.15, 0.2) is 24.5 Å². The van der Waals surface area contributed by atoms with Gasteiger partial charge in [0.15, 0.2) is 0 Å². The van der Waals surface area contributed by atoms with E-state index in [1.807, 2.05) is 0 Å². The molecule has 0 aliphatic heterocycles. The van der Waals surface area contributed by atoms with Crippen molar-refractivity contribution in [3.05, 3.63) is 24.5 Å². The maximum Gasteiger partial charge on any atom is 0.409 e. The van der Waals surface area contributed by atoms with E-state index >= 15 is 0 Å². The minimum Gasteiger partial charge on any atom is -0.410 e. The number of pyridine rings is 1. The van der Waals surface area contributed by atoms with E-state index in [0.29, 0.717) is 11.3 Å². The number of carbonyl (C=O) groups excluding carboxylic acids is 2. The van der Waals surface area contributed by atoms with Gasteiger partial charge in [0.2, 0.25) is 5.91 Å². The van der Waals surface area contributed by atoms with Crippen molar-refractivity contribution in [3.8, 4) is 17.0 Å². The average Bonchev–Trinajstić information content (AvgIpc) is 2.74. The van der Waals surface area contributed by atoms with Gasteiger partial charge in [-0.1, -0.05) is 0 Å². The first-order chi connectivity index (χ1) is 9.45. The van der Waals surface area contributed by atoms with Crippen LogP contribution >= 0.6 is 0 Å². The lowest BCUT2D eigenvalue weighted by molar-refractivity contribution is -0.114. The van der Waals surface area contributed by atoms with Crippen LogP contribution in [0, 0.1) is 0 Å². The molecule has 0 spiro atoms. The molecule has 0 saturated carbocycles. The normalized spacial score (nSPS) is 10.1. The fourth-order valence-corrected chi connectivity index (χ4v) is 1.63. The molecule has 0 fully saturated rings. The van der Waals surface area contributed by atoms with Gasteiger partial charge in [-0.05, 0) is 6.07 Å². The summed E-state index contributed by atoms with van der Waals surface area (Å²) in [6.07, 6.45) is 2.24. The predicted molar refractivity (Wildman–Crippen MR) is 71.0 cm³/mol. The summed E-state index contributed by atoms with van der Waals surface area (Å²) in [5.41, 5.74) is 6.11. The number of hydrogen-bond acceptors (Lipinski definition) is 5. The van der Waals surface area contributed by atoms with Crippen molar-refractivity contribution in [2.45, 2.75) is 6.92 Å². The first-order valence-corrected chi connectivity index (χ1v) is 5.70. The van der Waals surface area contributed by atoms with Gasteiger partial charge in [-0.2, -0.15) is 5.10 Å². The molecule has 2 aromatic rings. The molecule has 104 valence electrons. The second-order valence-electron chi connectivity index (χ2n) is 4.04. The van der Waals surface area contributed by atoms with Gasteiger partial charge in [-0.15, -0.1) is 0 Å². The van der Waals surface area contributed by atoms with Gasteiger partial charge in [0.05, 0.1) is 11.3 Å². The number of anilines is 1. The molecule has 0 aliphatic carbocycles. The molecule has 0 saturated heterocycles. The monoisotopic (exact) mass is 275 g/mol. The second kappa shape index (κ2) is 5.39. The maximum atomic E-state index is 11.0. The fourth-order valence-electron chi connectivity index (χ4n) is 1.63. The summed E-state index contributed by atoms with van der Waals surface area (Å²) in [5, 5.41) is 6.69. The Labute approximate surface area is 114 Å². The van der Waals surface area contributed by atoms with Gasteiger partial charge in [-0.25, -0.2) is 9.78 Å². The van der Waals surface area contributed by atoms with Gasteiger partial charge < -0.3 is 15.8 Å². The number of carbonyl (C=O) groups is 2. The lowest BCUT2D eigenvalue weighted by Crippen LogP contribution is -2.17. The molecule has 8 nitrogen and oxygen atoms in total. The number of primary amides is 1. The van der Waals surface area contributed by atoms with Crippen LogP contribution in [0.2, 0.25) is 0 Å². The molecule has 2 heterocycles. The van der Waals surface area contributed by atoms with E-state index in [2.05, 4.69) is 15.4 Å². The van der Waals surface area contributed by atoms with E-state index in [1.165, 1.54) is 19.2 Å². The van der Waals surface area contributed by atoms with Crippen molar-refractivity contribution in [2.75, 3.05) is 5.32 Å². The largest absolute Gasteiger partial charge is 0.410 e. The van der Waals surface area contributed by atoms with Gasteiger partial charge >= 0.3 is 6.09 Å². The fraction of sp³-hybridized carbons (Fsp3) is 0.167. The van der Waals surface area contributed by atoms with Crippen LogP contribution in [0.4, 0.5) is 10.6 Å². The first kappa shape index (κ1) is 13.5. The Balaban J connectivity index is 2.44. The number of nitrogens with zero attached hydrogens (tertiary/aromatic N) is 3. The van der Waals surface area contributed by atoms with E-state index in [1.54, 1.807) is 24.0 Å². The van der Waals surface area contributed by atoms with Crippen molar-refractivity contribution in [1.82, 2.24) is 14.8 Å². The molecule has 0 bridgehead atoms. The van der Waals surface area contributed by atoms with E-state index in [-0.39, 0.29) is 17.5 Å². The smallest absolute Gasteiger partial charge is 0.409 e. The Morgan fingerprint density at radius 2 is 2.20 bits per heavy atom. The number of nitrogens with two attached hydrogens (primary N) is 1. The Morgan fingerprint density at radius 3 is 2.75 bits per heavy atom. The minimum absolute atomic E-state index is 0.176. The highest BCUT2D eigenvalue weighted by molar-refractivity contribution is 5.88. The molecular formula is C12H13N5O3. The summed E-state index contributed by atoms with van der Waals surface area (Å²) in [5.74, 6) is 0.150. The molecule has 0 aromatic carbocycles. The second-order valence-corrected chi connectivity index (χ2v) is 4.04. The highest BCUT2D eigenvalue weighted by Gasteiger charge is 2.13. The molecular weight excluding hydrogens is 262 g/mol. The van der Waals surface area contributed by atoms with Crippen molar-refractivity contribution < 1.29 is 14.3 Å². The summed E-state index contributed by atoms with van der Waals surface area (Å²) in [4.78, 5) is 26.0. The number of aryl methyl sites for hydroxylation is 1. The third-order valence-electron chi connectivity index (χ3n) is 2.37. The molecule has 2 amide bonds. The predicted octanol–water partition coefficient (Wildman–Crippen LogP) is 0.898. The van der Waals surface area contributed by atoms with Crippen LogP contribution < -0.4 is 15.8 Å². The molecule has 8 heteroatoms. The number of amides is 2. The number of rotatable bonds is 3. The van der Waals surface area contributed by atoms with Crippen LogP contribution in [0.1, 0.15) is 6.92 Å².